The zero-order valence-corrected chi connectivity index (χ0v) is 14.4. The van der Waals surface area contributed by atoms with Crippen LogP contribution in [0.3, 0.4) is 0 Å². The lowest BCUT2D eigenvalue weighted by Crippen LogP contribution is -2.50. The van der Waals surface area contributed by atoms with Gasteiger partial charge in [0, 0.05) is 24.7 Å². The molecule has 0 aromatic heterocycles. The standard InChI is InChI=1S/C18H26N2O3/c1-13-8-5-6-10-15(13)16(21)19-14-9-7-11-20(12-14)17(22)23-18(2,3)4/h5-6,8,10,14H,7,9,11-12H2,1-4H3,(H,19,21)/t14-/m0/s1. The summed E-state index contributed by atoms with van der Waals surface area (Å²) in [5, 5.41) is 3.04. The first-order valence-electron chi connectivity index (χ1n) is 8.11. The highest BCUT2D eigenvalue weighted by atomic mass is 16.6. The van der Waals surface area contributed by atoms with Gasteiger partial charge in [0.15, 0.2) is 0 Å². The lowest BCUT2D eigenvalue weighted by molar-refractivity contribution is 0.0185. The quantitative estimate of drug-likeness (QED) is 0.911. The molecule has 1 atom stereocenters. The van der Waals surface area contributed by atoms with Crippen molar-refractivity contribution in [2.24, 2.45) is 0 Å². The first kappa shape index (κ1) is 17.3. The molecular weight excluding hydrogens is 292 g/mol. The lowest BCUT2D eigenvalue weighted by Gasteiger charge is -2.34. The molecule has 1 aliphatic heterocycles. The van der Waals surface area contributed by atoms with Crippen molar-refractivity contribution < 1.29 is 14.3 Å². The SMILES string of the molecule is Cc1ccccc1C(=O)N[C@H]1CCCN(C(=O)OC(C)(C)C)C1. The second kappa shape index (κ2) is 7.02. The van der Waals surface area contributed by atoms with Crippen LogP contribution in [0.25, 0.3) is 0 Å². The van der Waals surface area contributed by atoms with Crippen LogP contribution in [0, 0.1) is 6.92 Å². The van der Waals surface area contributed by atoms with Gasteiger partial charge in [-0.15, -0.1) is 0 Å². The maximum Gasteiger partial charge on any atom is 0.410 e. The summed E-state index contributed by atoms with van der Waals surface area (Å²) in [6.07, 6.45) is 1.42. The fourth-order valence-corrected chi connectivity index (χ4v) is 2.68. The number of nitrogens with one attached hydrogen (secondary N) is 1. The van der Waals surface area contributed by atoms with E-state index in [1.807, 2.05) is 52.0 Å². The molecule has 0 spiro atoms. The highest BCUT2D eigenvalue weighted by Crippen LogP contribution is 2.16. The number of likely N-dealkylation sites (tertiary alicyclic amines) is 1. The molecule has 23 heavy (non-hydrogen) atoms. The van der Waals surface area contributed by atoms with Crippen LogP contribution in [0.4, 0.5) is 4.79 Å². The molecule has 1 fully saturated rings. The van der Waals surface area contributed by atoms with Gasteiger partial charge in [-0.25, -0.2) is 4.79 Å². The summed E-state index contributed by atoms with van der Waals surface area (Å²) in [4.78, 5) is 26.2. The third kappa shape index (κ3) is 4.98. The van der Waals surface area contributed by atoms with Crippen LogP contribution in [0.1, 0.15) is 49.5 Å². The van der Waals surface area contributed by atoms with Crippen molar-refractivity contribution in [3.8, 4) is 0 Å². The summed E-state index contributed by atoms with van der Waals surface area (Å²) >= 11 is 0. The number of rotatable bonds is 2. The number of aryl methyl sites for hydroxylation is 1. The smallest absolute Gasteiger partial charge is 0.410 e. The lowest BCUT2D eigenvalue weighted by atomic mass is 10.0. The summed E-state index contributed by atoms with van der Waals surface area (Å²) in [5.74, 6) is -0.0841. The van der Waals surface area contributed by atoms with E-state index in [2.05, 4.69) is 5.32 Å². The minimum atomic E-state index is -0.506. The zero-order valence-electron chi connectivity index (χ0n) is 14.4. The molecule has 0 bridgehead atoms. The van der Waals surface area contributed by atoms with Crippen LogP contribution in [-0.4, -0.2) is 41.6 Å². The van der Waals surface area contributed by atoms with E-state index < -0.39 is 5.60 Å². The van der Waals surface area contributed by atoms with Crippen LogP contribution in [0.15, 0.2) is 24.3 Å². The van der Waals surface area contributed by atoms with Gasteiger partial charge in [-0.3, -0.25) is 4.79 Å². The minimum absolute atomic E-state index is 0.0385. The van der Waals surface area contributed by atoms with Crippen LogP contribution < -0.4 is 5.32 Å². The summed E-state index contributed by atoms with van der Waals surface area (Å²) in [5.41, 5.74) is 1.13. The fourth-order valence-electron chi connectivity index (χ4n) is 2.68. The fraction of sp³-hybridized carbons (Fsp3) is 0.556. The molecule has 0 unspecified atom stereocenters. The molecular formula is C18H26N2O3. The van der Waals surface area contributed by atoms with E-state index in [1.54, 1.807) is 4.90 Å². The largest absolute Gasteiger partial charge is 0.444 e. The highest BCUT2D eigenvalue weighted by Gasteiger charge is 2.28. The molecule has 1 aromatic rings. The highest BCUT2D eigenvalue weighted by molar-refractivity contribution is 5.95. The summed E-state index contributed by atoms with van der Waals surface area (Å²) in [6.45, 7) is 8.64. The Morgan fingerprint density at radius 2 is 1.96 bits per heavy atom. The Bertz CT molecular complexity index is 578. The van der Waals surface area contributed by atoms with E-state index in [0.717, 1.165) is 18.4 Å². The zero-order chi connectivity index (χ0) is 17.0. The third-order valence-corrected chi connectivity index (χ3v) is 3.80. The minimum Gasteiger partial charge on any atom is -0.444 e. The second-order valence-corrected chi connectivity index (χ2v) is 7.05. The Morgan fingerprint density at radius 1 is 1.26 bits per heavy atom. The van der Waals surface area contributed by atoms with Gasteiger partial charge in [0.2, 0.25) is 0 Å². The van der Waals surface area contributed by atoms with Gasteiger partial charge in [0.25, 0.3) is 5.91 Å². The van der Waals surface area contributed by atoms with Gasteiger partial charge in [-0.05, 0) is 52.2 Å². The average Bonchev–Trinajstić information content (AvgIpc) is 2.46. The van der Waals surface area contributed by atoms with Gasteiger partial charge in [0.05, 0.1) is 0 Å². The van der Waals surface area contributed by atoms with Crippen LogP contribution >= 0.6 is 0 Å². The van der Waals surface area contributed by atoms with E-state index in [9.17, 15) is 9.59 Å². The average molecular weight is 318 g/mol. The number of carbonyl (C=O) groups is 2. The van der Waals surface area contributed by atoms with Crippen LogP contribution in [0.5, 0.6) is 0 Å². The van der Waals surface area contributed by atoms with Crippen LogP contribution in [0.2, 0.25) is 0 Å². The predicted octanol–water partition coefficient (Wildman–Crippen LogP) is 3.12. The summed E-state index contributed by atoms with van der Waals surface area (Å²) in [6, 6.07) is 7.47. The monoisotopic (exact) mass is 318 g/mol. The Morgan fingerprint density at radius 3 is 2.61 bits per heavy atom. The molecule has 126 valence electrons. The Hall–Kier alpha value is -2.04. The second-order valence-electron chi connectivity index (χ2n) is 7.05. The molecule has 1 N–H and O–H groups in total. The molecule has 0 radical (unpaired) electrons. The van der Waals surface area contributed by atoms with Gasteiger partial charge >= 0.3 is 6.09 Å². The number of hydrogen-bond acceptors (Lipinski definition) is 3. The predicted molar refractivity (Wildman–Crippen MR) is 89.5 cm³/mol. The van der Waals surface area contributed by atoms with E-state index in [0.29, 0.717) is 18.7 Å². The number of amides is 2. The molecule has 1 saturated heterocycles. The normalized spacial score (nSPS) is 18.4. The first-order chi connectivity index (χ1) is 10.8. The van der Waals surface area contributed by atoms with Crippen molar-refractivity contribution in [3.05, 3.63) is 35.4 Å². The molecule has 1 aliphatic rings. The van der Waals surface area contributed by atoms with Gasteiger partial charge in [-0.2, -0.15) is 0 Å². The molecule has 5 nitrogen and oxygen atoms in total. The Kier molecular flexibility index (Phi) is 5.29. The van der Waals surface area contributed by atoms with Gasteiger partial charge in [0.1, 0.15) is 5.60 Å². The number of nitrogens with zero attached hydrogens (tertiary/aromatic N) is 1. The van der Waals surface area contributed by atoms with Crippen molar-refractivity contribution in [2.75, 3.05) is 13.1 Å². The van der Waals surface area contributed by atoms with E-state index in [1.165, 1.54) is 0 Å². The third-order valence-electron chi connectivity index (χ3n) is 3.80. The first-order valence-corrected chi connectivity index (χ1v) is 8.11. The maximum absolute atomic E-state index is 12.4. The molecule has 1 heterocycles. The van der Waals surface area contributed by atoms with Gasteiger partial charge < -0.3 is 15.0 Å². The van der Waals surface area contributed by atoms with Crippen molar-refractivity contribution in [2.45, 2.75) is 52.2 Å². The molecule has 5 heteroatoms. The van der Waals surface area contributed by atoms with Crippen LogP contribution in [-0.2, 0) is 4.74 Å². The van der Waals surface area contributed by atoms with E-state index in [4.69, 9.17) is 4.74 Å². The number of ether oxygens (including phenoxy) is 1. The Balaban J connectivity index is 1.95. The number of hydrogen-bond donors (Lipinski definition) is 1. The van der Waals surface area contributed by atoms with E-state index >= 15 is 0 Å². The van der Waals surface area contributed by atoms with Crippen molar-refractivity contribution in [1.82, 2.24) is 10.2 Å². The number of piperidine rings is 1. The topological polar surface area (TPSA) is 58.6 Å². The number of benzene rings is 1. The molecule has 0 saturated carbocycles. The van der Waals surface area contributed by atoms with Crippen molar-refractivity contribution in [3.63, 3.8) is 0 Å². The molecule has 1 aromatic carbocycles. The van der Waals surface area contributed by atoms with Crippen molar-refractivity contribution >= 4 is 12.0 Å². The number of carbonyl (C=O) groups excluding carboxylic acids is 2. The summed E-state index contributed by atoms with van der Waals surface area (Å²) < 4.78 is 5.41. The van der Waals surface area contributed by atoms with Crippen molar-refractivity contribution in [1.29, 1.82) is 0 Å². The van der Waals surface area contributed by atoms with Gasteiger partial charge in [-0.1, -0.05) is 18.2 Å². The molecule has 0 aliphatic carbocycles. The van der Waals surface area contributed by atoms with E-state index in [-0.39, 0.29) is 18.0 Å². The Labute approximate surface area is 138 Å². The summed E-state index contributed by atoms with van der Waals surface area (Å²) in [7, 11) is 0. The maximum atomic E-state index is 12.4. The molecule has 2 amide bonds. The molecule has 2 rings (SSSR count).